The van der Waals surface area contributed by atoms with E-state index in [1.54, 1.807) is 0 Å². The zero-order chi connectivity index (χ0) is 16.1. The molecule has 2 saturated heterocycles. The number of benzene rings is 2. The van der Waals surface area contributed by atoms with E-state index in [-0.39, 0.29) is 11.4 Å². The highest BCUT2D eigenvalue weighted by Crippen LogP contribution is 2.54. The van der Waals surface area contributed by atoms with Gasteiger partial charge in [-0.2, -0.15) is 0 Å². The summed E-state index contributed by atoms with van der Waals surface area (Å²) in [4.78, 5) is 17.4. The van der Waals surface area contributed by atoms with Gasteiger partial charge in [-0.25, -0.2) is 0 Å². The summed E-state index contributed by atoms with van der Waals surface area (Å²) in [6.07, 6.45) is 4.67. The normalized spacial score (nSPS) is 33.0. The molecule has 3 aliphatic rings. The molecule has 3 heteroatoms. The van der Waals surface area contributed by atoms with Gasteiger partial charge in [0.1, 0.15) is 0 Å². The second-order valence-electron chi connectivity index (χ2n) is 7.13. The van der Waals surface area contributed by atoms with Crippen molar-refractivity contribution in [1.29, 1.82) is 0 Å². The molecule has 120 valence electrons. The van der Waals surface area contributed by atoms with Crippen molar-refractivity contribution >= 4 is 5.91 Å². The van der Waals surface area contributed by atoms with E-state index in [9.17, 15) is 4.79 Å². The van der Waals surface area contributed by atoms with E-state index in [0.717, 1.165) is 25.2 Å². The fraction of sp³-hybridized carbons (Fsp3) is 0.286. The summed E-state index contributed by atoms with van der Waals surface area (Å²) < 4.78 is 0. The summed E-state index contributed by atoms with van der Waals surface area (Å²) in [5.74, 6) is 0.626. The number of rotatable bonds is 2. The highest BCUT2D eigenvalue weighted by Gasteiger charge is 2.64. The second-order valence-corrected chi connectivity index (χ2v) is 7.13. The lowest BCUT2D eigenvalue weighted by atomic mass is 9.90. The summed E-state index contributed by atoms with van der Waals surface area (Å²) in [6.45, 7) is 2.77. The van der Waals surface area contributed by atoms with E-state index >= 15 is 0 Å². The average molecular weight is 316 g/mol. The first kappa shape index (κ1) is 14.0. The minimum atomic E-state index is 0.163. The van der Waals surface area contributed by atoms with Gasteiger partial charge in [0.05, 0.1) is 11.6 Å². The third-order valence-electron chi connectivity index (χ3n) is 5.80. The Morgan fingerprint density at radius 2 is 1.62 bits per heavy atom. The zero-order valence-corrected chi connectivity index (χ0v) is 13.5. The van der Waals surface area contributed by atoms with E-state index in [0.29, 0.717) is 12.0 Å². The topological polar surface area (TPSA) is 23.3 Å². The molecule has 1 amide bonds. The minimum Gasteiger partial charge on any atom is -0.336 e. The van der Waals surface area contributed by atoms with Crippen LogP contribution in [0.15, 0.2) is 72.8 Å². The van der Waals surface area contributed by atoms with Crippen molar-refractivity contribution in [1.82, 2.24) is 9.80 Å². The first-order valence-electron chi connectivity index (χ1n) is 8.62. The predicted molar refractivity (Wildman–Crippen MR) is 93.6 cm³/mol. The molecule has 5 rings (SSSR count). The van der Waals surface area contributed by atoms with Crippen LogP contribution >= 0.6 is 0 Å². The molecular formula is C21H20N2O. The second kappa shape index (κ2) is 5.05. The Morgan fingerprint density at radius 1 is 0.917 bits per heavy atom. The predicted octanol–water partition coefficient (Wildman–Crippen LogP) is 3.12. The molecule has 24 heavy (non-hydrogen) atoms. The summed E-state index contributed by atoms with van der Waals surface area (Å²) in [5, 5.41) is 0. The summed E-state index contributed by atoms with van der Waals surface area (Å²) in [5.41, 5.74) is 2.31. The van der Waals surface area contributed by atoms with E-state index in [2.05, 4.69) is 47.4 Å². The molecule has 2 aromatic carbocycles. The molecule has 3 aliphatic heterocycles. The monoisotopic (exact) mass is 316 g/mol. The highest BCUT2D eigenvalue weighted by atomic mass is 16.2. The van der Waals surface area contributed by atoms with E-state index in [1.807, 2.05) is 35.2 Å². The first-order chi connectivity index (χ1) is 11.8. The number of carbonyl (C=O) groups excluding carboxylic acids is 1. The number of nitrogens with zero attached hydrogens (tertiary/aromatic N) is 2. The molecule has 1 unspecified atom stereocenters. The lowest BCUT2D eigenvalue weighted by Gasteiger charge is -2.27. The van der Waals surface area contributed by atoms with Gasteiger partial charge in [-0.05, 0) is 17.7 Å². The number of hydrogen-bond acceptors (Lipinski definition) is 2. The van der Waals surface area contributed by atoms with Crippen LogP contribution in [-0.4, -0.2) is 40.9 Å². The zero-order valence-electron chi connectivity index (χ0n) is 13.5. The van der Waals surface area contributed by atoms with Crippen LogP contribution in [0.5, 0.6) is 0 Å². The quantitative estimate of drug-likeness (QED) is 0.628. The van der Waals surface area contributed by atoms with E-state index < -0.39 is 0 Å². The molecule has 0 bridgehead atoms. The van der Waals surface area contributed by atoms with Crippen molar-refractivity contribution in [3.05, 3.63) is 83.9 Å². The van der Waals surface area contributed by atoms with Crippen molar-refractivity contribution in [2.75, 3.05) is 19.6 Å². The smallest absolute Gasteiger partial charge is 0.253 e. The molecular weight excluding hydrogens is 296 g/mol. The third kappa shape index (κ3) is 1.98. The number of hydrogen-bond donors (Lipinski definition) is 0. The number of carbonyl (C=O) groups is 1. The Morgan fingerprint density at radius 3 is 2.38 bits per heavy atom. The Hall–Kier alpha value is -2.39. The fourth-order valence-electron chi connectivity index (χ4n) is 4.47. The third-order valence-corrected chi connectivity index (χ3v) is 5.80. The van der Waals surface area contributed by atoms with Crippen LogP contribution in [0.2, 0.25) is 0 Å². The summed E-state index contributed by atoms with van der Waals surface area (Å²) in [7, 11) is 0. The lowest BCUT2D eigenvalue weighted by molar-refractivity contribution is 0.0785. The fourth-order valence-corrected chi connectivity index (χ4v) is 4.47. The van der Waals surface area contributed by atoms with Crippen LogP contribution in [0.4, 0.5) is 0 Å². The molecule has 0 N–H and O–H groups in total. The van der Waals surface area contributed by atoms with Crippen molar-refractivity contribution < 1.29 is 4.79 Å². The number of amides is 1. The van der Waals surface area contributed by atoms with Crippen LogP contribution in [0.25, 0.3) is 0 Å². The van der Waals surface area contributed by atoms with Crippen LogP contribution in [0.3, 0.4) is 0 Å². The SMILES string of the molecule is O=C(c1ccccc1)N1C[C@H]2C=C[C@@H](c3ccccc3)N3C[C@@]23C1. The highest BCUT2D eigenvalue weighted by molar-refractivity contribution is 5.94. The molecule has 0 radical (unpaired) electrons. The van der Waals surface area contributed by atoms with Crippen molar-refractivity contribution in [3.8, 4) is 0 Å². The molecule has 2 fully saturated rings. The van der Waals surface area contributed by atoms with Crippen molar-refractivity contribution in [2.24, 2.45) is 5.92 Å². The molecule has 1 spiro atoms. The van der Waals surface area contributed by atoms with Gasteiger partial charge in [0.2, 0.25) is 0 Å². The lowest BCUT2D eigenvalue weighted by Crippen LogP contribution is -2.34. The van der Waals surface area contributed by atoms with Crippen LogP contribution in [0.1, 0.15) is 22.0 Å². The average Bonchev–Trinajstić information content (AvgIpc) is 3.26. The van der Waals surface area contributed by atoms with Crippen LogP contribution < -0.4 is 0 Å². The maximum atomic E-state index is 12.8. The van der Waals surface area contributed by atoms with Crippen molar-refractivity contribution in [2.45, 2.75) is 11.6 Å². The van der Waals surface area contributed by atoms with E-state index in [1.165, 1.54) is 5.56 Å². The summed E-state index contributed by atoms with van der Waals surface area (Å²) in [6, 6.07) is 20.7. The molecule has 4 atom stereocenters. The van der Waals surface area contributed by atoms with Gasteiger partial charge in [0, 0.05) is 31.1 Å². The Labute approximate surface area is 142 Å². The standard InChI is InChI=1S/C21H20N2O/c24-20(17-9-5-2-6-10-17)22-13-18-11-12-19(16-7-3-1-4-8-16)23-15-21(18,23)14-22/h1-12,18-19H,13-15H2/t18-,19+,21+,23?/m1/s1. The van der Waals surface area contributed by atoms with Gasteiger partial charge >= 0.3 is 0 Å². The maximum absolute atomic E-state index is 12.8. The van der Waals surface area contributed by atoms with Gasteiger partial charge in [-0.3, -0.25) is 9.69 Å². The molecule has 2 aromatic rings. The van der Waals surface area contributed by atoms with Gasteiger partial charge in [0.15, 0.2) is 0 Å². The van der Waals surface area contributed by atoms with Gasteiger partial charge in [0.25, 0.3) is 5.91 Å². The summed E-state index contributed by atoms with van der Waals surface area (Å²) >= 11 is 0. The van der Waals surface area contributed by atoms with Gasteiger partial charge in [-0.1, -0.05) is 60.7 Å². The maximum Gasteiger partial charge on any atom is 0.253 e. The molecule has 0 aromatic heterocycles. The van der Waals surface area contributed by atoms with Crippen LogP contribution in [-0.2, 0) is 0 Å². The first-order valence-corrected chi connectivity index (χ1v) is 8.62. The Balaban J connectivity index is 1.39. The molecule has 3 heterocycles. The van der Waals surface area contributed by atoms with Crippen LogP contribution in [0, 0.1) is 5.92 Å². The molecule has 3 nitrogen and oxygen atoms in total. The van der Waals surface area contributed by atoms with Gasteiger partial charge in [-0.15, -0.1) is 0 Å². The Kier molecular flexibility index (Phi) is 2.95. The minimum absolute atomic E-state index is 0.163. The molecule has 0 saturated carbocycles. The molecule has 0 aliphatic carbocycles. The van der Waals surface area contributed by atoms with E-state index in [4.69, 9.17) is 0 Å². The Bertz CT molecular complexity index is 801. The van der Waals surface area contributed by atoms with Gasteiger partial charge < -0.3 is 4.90 Å². The van der Waals surface area contributed by atoms with Crippen molar-refractivity contribution in [3.63, 3.8) is 0 Å². The number of likely N-dealkylation sites (tertiary alicyclic amines) is 1. The largest absolute Gasteiger partial charge is 0.336 e.